The van der Waals surface area contributed by atoms with Gasteiger partial charge >= 0.3 is 0 Å². The van der Waals surface area contributed by atoms with Gasteiger partial charge in [-0.3, -0.25) is 4.98 Å². The van der Waals surface area contributed by atoms with Gasteiger partial charge in [0.2, 0.25) is 5.71 Å². The Hall–Kier alpha value is -3.98. The fraction of sp³-hybridized carbons (Fsp3) is 0.212. The summed E-state index contributed by atoms with van der Waals surface area (Å²) in [6.45, 7) is 13.1. The first-order chi connectivity index (χ1) is 17.2. The zero-order valence-electron chi connectivity index (χ0n) is 21.7. The van der Waals surface area contributed by atoms with Crippen LogP contribution in [0, 0.1) is 20.8 Å². The Balaban J connectivity index is 1.52. The average Bonchev–Trinajstić information content (AvgIpc) is 3.21. The van der Waals surface area contributed by atoms with Crippen molar-refractivity contribution >= 4 is 32.8 Å². The van der Waals surface area contributed by atoms with E-state index in [1.165, 1.54) is 33.0 Å². The summed E-state index contributed by atoms with van der Waals surface area (Å²) in [7, 11) is 0. The number of para-hydroxylation sites is 1. The first-order valence-corrected chi connectivity index (χ1v) is 12.5. The van der Waals surface area contributed by atoms with Crippen LogP contribution in [0.25, 0.3) is 55.2 Å². The summed E-state index contributed by atoms with van der Waals surface area (Å²) in [6.07, 6.45) is 1.97. The topological polar surface area (TPSA) is 38.9 Å². The molecule has 0 unspecified atom stereocenters. The van der Waals surface area contributed by atoms with Gasteiger partial charge in [0.1, 0.15) is 5.58 Å². The number of furan rings is 1. The second kappa shape index (κ2) is 8.03. The van der Waals surface area contributed by atoms with Crippen molar-refractivity contribution in [3.8, 4) is 22.4 Å². The number of nitrogens with zero attached hydrogens (tertiary/aromatic N) is 2. The maximum absolute atomic E-state index is 6.26. The van der Waals surface area contributed by atoms with E-state index >= 15 is 0 Å². The lowest BCUT2D eigenvalue weighted by atomic mass is 9.85. The van der Waals surface area contributed by atoms with Crippen LogP contribution in [0.3, 0.4) is 0 Å². The molecule has 36 heavy (non-hydrogen) atoms. The van der Waals surface area contributed by atoms with Crippen molar-refractivity contribution in [2.75, 3.05) is 0 Å². The normalized spacial score (nSPS) is 12.2. The molecule has 0 radical (unpaired) electrons. The lowest BCUT2D eigenvalue weighted by molar-refractivity contribution is 0.591. The summed E-state index contributed by atoms with van der Waals surface area (Å²) in [6, 6.07) is 24.0. The van der Waals surface area contributed by atoms with Crippen LogP contribution in [0.15, 0.2) is 77.3 Å². The van der Waals surface area contributed by atoms with E-state index in [2.05, 4.69) is 100 Å². The van der Waals surface area contributed by atoms with Crippen molar-refractivity contribution < 1.29 is 4.42 Å². The van der Waals surface area contributed by atoms with Gasteiger partial charge < -0.3 is 4.42 Å². The summed E-state index contributed by atoms with van der Waals surface area (Å²) in [4.78, 5) is 9.42. The molecule has 3 aromatic heterocycles. The Bertz CT molecular complexity index is 1800. The van der Waals surface area contributed by atoms with Gasteiger partial charge in [0.25, 0.3) is 0 Å². The summed E-state index contributed by atoms with van der Waals surface area (Å²) in [5.41, 5.74) is 10.7. The molecule has 6 rings (SSSR count). The van der Waals surface area contributed by atoms with Gasteiger partial charge in [-0.2, -0.15) is 0 Å². The molecule has 6 aromatic rings. The van der Waals surface area contributed by atoms with Crippen LogP contribution in [-0.4, -0.2) is 9.97 Å². The Kier molecular flexibility index (Phi) is 5.01. The minimum Gasteiger partial charge on any atom is -0.437 e. The molecule has 0 amide bonds. The van der Waals surface area contributed by atoms with Gasteiger partial charge in [0.15, 0.2) is 0 Å². The smallest absolute Gasteiger partial charge is 0.227 e. The second-order valence-electron chi connectivity index (χ2n) is 11.0. The molecular formula is C33H30N2O. The fourth-order valence-corrected chi connectivity index (χ4v) is 5.10. The van der Waals surface area contributed by atoms with E-state index in [1.807, 2.05) is 19.2 Å². The Labute approximate surface area is 211 Å². The lowest BCUT2D eigenvalue weighted by Crippen LogP contribution is -2.10. The largest absolute Gasteiger partial charge is 0.437 e. The third kappa shape index (κ3) is 3.67. The Morgan fingerprint density at radius 2 is 1.50 bits per heavy atom. The van der Waals surface area contributed by atoms with E-state index in [1.54, 1.807) is 0 Å². The number of pyridine rings is 2. The highest BCUT2D eigenvalue weighted by Gasteiger charge is 2.17. The maximum atomic E-state index is 6.26. The number of rotatable bonds is 2. The van der Waals surface area contributed by atoms with E-state index in [-0.39, 0.29) is 5.41 Å². The number of hydrogen-bond donors (Lipinski definition) is 0. The molecule has 3 heteroatoms. The number of benzene rings is 3. The van der Waals surface area contributed by atoms with Gasteiger partial charge in [0, 0.05) is 28.2 Å². The summed E-state index contributed by atoms with van der Waals surface area (Å²) in [5.74, 6) is 0. The quantitative estimate of drug-likeness (QED) is 0.253. The van der Waals surface area contributed by atoms with Crippen LogP contribution in [0.1, 0.15) is 43.2 Å². The SMILES string of the molecule is Cc1ccc2c(n1)oc1c(-c3cc(-c4cc5ccc(C(C)(C)C)cc5cc4C)c(C)cn3)cccc12. The summed E-state index contributed by atoms with van der Waals surface area (Å²) >= 11 is 0. The minimum atomic E-state index is 0.128. The number of aryl methyl sites for hydroxylation is 3. The van der Waals surface area contributed by atoms with Crippen LogP contribution in [0.5, 0.6) is 0 Å². The fourth-order valence-electron chi connectivity index (χ4n) is 5.10. The highest BCUT2D eigenvalue weighted by atomic mass is 16.3. The first-order valence-electron chi connectivity index (χ1n) is 12.5. The van der Waals surface area contributed by atoms with Gasteiger partial charge in [-0.1, -0.05) is 57.2 Å². The van der Waals surface area contributed by atoms with Crippen LogP contribution >= 0.6 is 0 Å². The van der Waals surface area contributed by atoms with Crippen LogP contribution < -0.4 is 0 Å². The molecule has 3 aromatic carbocycles. The van der Waals surface area contributed by atoms with Crippen molar-refractivity contribution in [3.05, 3.63) is 95.3 Å². The van der Waals surface area contributed by atoms with E-state index in [4.69, 9.17) is 9.40 Å². The van der Waals surface area contributed by atoms with Crippen molar-refractivity contribution in [2.24, 2.45) is 0 Å². The molecular weight excluding hydrogens is 440 g/mol. The highest BCUT2D eigenvalue weighted by Crippen LogP contribution is 2.38. The Morgan fingerprint density at radius 1 is 0.694 bits per heavy atom. The lowest BCUT2D eigenvalue weighted by Gasteiger charge is -2.20. The standard InChI is InChI=1S/C33H30N2O/c1-19-14-23-15-24(33(4,5)6)12-11-22(23)16-28(19)29-17-30(34-18-20(29)2)27-9-7-8-25-26-13-10-21(3)35-32(26)36-31(25)27/h7-18H,1-6H3. The van der Waals surface area contributed by atoms with Crippen LogP contribution in [0.2, 0.25) is 0 Å². The third-order valence-corrected chi connectivity index (χ3v) is 7.22. The molecule has 0 spiro atoms. The Morgan fingerprint density at radius 3 is 2.31 bits per heavy atom. The molecule has 178 valence electrons. The van der Waals surface area contributed by atoms with Crippen molar-refractivity contribution in [1.82, 2.24) is 9.97 Å². The molecule has 0 saturated heterocycles. The first kappa shape index (κ1) is 22.5. The molecule has 0 atom stereocenters. The van der Waals surface area contributed by atoms with E-state index in [0.717, 1.165) is 38.9 Å². The molecule has 3 heterocycles. The number of aromatic nitrogens is 2. The minimum absolute atomic E-state index is 0.128. The molecule has 0 aliphatic heterocycles. The predicted octanol–water partition coefficient (Wildman–Crippen LogP) is 9.09. The van der Waals surface area contributed by atoms with Crippen molar-refractivity contribution in [3.63, 3.8) is 0 Å². The number of hydrogen-bond acceptors (Lipinski definition) is 3. The maximum Gasteiger partial charge on any atom is 0.227 e. The van der Waals surface area contributed by atoms with Gasteiger partial charge in [-0.25, -0.2) is 4.98 Å². The zero-order valence-corrected chi connectivity index (χ0v) is 21.7. The molecule has 0 fully saturated rings. The third-order valence-electron chi connectivity index (χ3n) is 7.22. The molecule has 0 aliphatic carbocycles. The summed E-state index contributed by atoms with van der Waals surface area (Å²) < 4.78 is 6.26. The van der Waals surface area contributed by atoms with E-state index in [9.17, 15) is 0 Å². The van der Waals surface area contributed by atoms with Gasteiger partial charge in [-0.15, -0.1) is 0 Å². The monoisotopic (exact) mass is 470 g/mol. The van der Waals surface area contributed by atoms with Crippen molar-refractivity contribution in [2.45, 2.75) is 47.0 Å². The van der Waals surface area contributed by atoms with Gasteiger partial charge in [0.05, 0.1) is 5.69 Å². The zero-order chi connectivity index (χ0) is 25.2. The van der Waals surface area contributed by atoms with Gasteiger partial charge in [-0.05, 0) is 95.1 Å². The highest BCUT2D eigenvalue weighted by molar-refractivity contribution is 6.08. The van der Waals surface area contributed by atoms with Crippen molar-refractivity contribution in [1.29, 1.82) is 0 Å². The average molecular weight is 471 g/mol. The molecule has 3 nitrogen and oxygen atoms in total. The predicted molar refractivity (Wildman–Crippen MR) is 151 cm³/mol. The second-order valence-corrected chi connectivity index (χ2v) is 11.0. The van der Waals surface area contributed by atoms with E-state index < -0.39 is 0 Å². The number of fused-ring (bicyclic) bond motifs is 4. The van der Waals surface area contributed by atoms with E-state index in [0.29, 0.717) is 5.71 Å². The molecule has 0 N–H and O–H groups in total. The van der Waals surface area contributed by atoms with Crippen LogP contribution in [-0.2, 0) is 5.41 Å². The summed E-state index contributed by atoms with van der Waals surface area (Å²) in [5, 5.41) is 4.63. The molecule has 0 saturated carbocycles. The molecule has 0 aliphatic rings. The van der Waals surface area contributed by atoms with Crippen LogP contribution in [0.4, 0.5) is 0 Å². The molecule has 0 bridgehead atoms.